The Labute approximate surface area is 199 Å². The van der Waals surface area contributed by atoms with E-state index in [1.165, 1.54) is 0 Å². The van der Waals surface area contributed by atoms with E-state index in [4.69, 9.17) is 4.74 Å². The highest BCUT2D eigenvalue weighted by Gasteiger charge is 2.66. The molecule has 4 atom stereocenters. The second kappa shape index (κ2) is 7.73. The van der Waals surface area contributed by atoms with Crippen LogP contribution in [0.5, 0.6) is 5.75 Å². The van der Waals surface area contributed by atoms with Crippen LogP contribution in [0.25, 0.3) is 0 Å². The summed E-state index contributed by atoms with van der Waals surface area (Å²) in [6.45, 7) is 5.02. The molecule has 3 aliphatic rings. The molecular weight excluding hydrogens is 424 g/mol. The number of carbonyl (C=O) groups is 2. The van der Waals surface area contributed by atoms with Crippen molar-refractivity contribution < 1.29 is 14.3 Å². The summed E-state index contributed by atoms with van der Waals surface area (Å²) < 4.78 is 6.23. The van der Waals surface area contributed by atoms with Crippen LogP contribution >= 0.6 is 0 Å². The van der Waals surface area contributed by atoms with Gasteiger partial charge in [0.1, 0.15) is 17.8 Å². The normalized spacial score (nSPS) is 27.6. The zero-order valence-electron chi connectivity index (χ0n) is 19.5. The summed E-state index contributed by atoms with van der Waals surface area (Å²) in [5, 5.41) is 0. The Hall–Kier alpha value is -3.60. The van der Waals surface area contributed by atoms with Gasteiger partial charge in [-0.05, 0) is 31.0 Å². The largest absolute Gasteiger partial charge is 0.493 e. The van der Waals surface area contributed by atoms with Crippen molar-refractivity contribution in [2.24, 2.45) is 5.92 Å². The first-order valence-corrected chi connectivity index (χ1v) is 11.9. The quantitative estimate of drug-likeness (QED) is 0.589. The van der Waals surface area contributed by atoms with Crippen molar-refractivity contribution in [2.45, 2.75) is 37.9 Å². The molecule has 2 fully saturated rings. The lowest BCUT2D eigenvalue weighted by molar-refractivity contribution is -0.164. The fourth-order valence-electron chi connectivity index (χ4n) is 6.45. The van der Waals surface area contributed by atoms with Gasteiger partial charge in [0.2, 0.25) is 11.8 Å². The van der Waals surface area contributed by atoms with Crippen LogP contribution in [0.2, 0.25) is 0 Å². The fourth-order valence-corrected chi connectivity index (χ4v) is 6.45. The summed E-state index contributed by atoms with van der Waals surface area (Å²) in [4.78, 5) is 31.8. The molecule has 3 aromatic carbocycles. The minimum absolute atomic E-state index is 0.000758. The third-order valence-corrected chi connectivity index (χ3v) is 7.82. The summed E-state index contributed by atoms with van der Waals surface area (Å²) >= 11 is 0. The molecular formula is C29H28N2O3. The van der Waals surface area contributed by atoms with Crippen LogP contribution in [0.1, 0.15) is 41.1 Å². The lowest BCUT2D eigenvalue weighted by Gasteiger charge is -2.47. The number of nitrogens with zero attached hydrogens (tertiary/aromatic N) is 2. The van der Waals surface area contributed by atoms with Crippen LogP contribution in [0.3, 0.4) is 0 Å². The van der Waals surface area contributed by atoms with Gasteiger partial charge in [0.25, 0.3) is 0 Å². The molecule has 0 aromatic heterocycles. The Kier molecular flexibility index (Phi) is 4.76. The van der Waals surface area contributed by atoms with Gasteiger partial charge < -0.3 is 14.5 Å². The first-order valence-electron chi connectivity index (χ1n) is 11.9. The Balaban J connectivity index is 1.50. The molecule has 2 amide bonds. The molecule has 3 heterocycles. The lowest BCUT2D eigenvalue weighted by Crippen LogP contribution is -2.65. The molecule has 0 N–H and O–H groups in total. The SMILES string of the molecule is Cc1ccc2c(c1)C1C(CO2)C(c2ccccc2)[C@]2(C)C(=O)N(Cc3ccccc3)CC(=O)N12. The van der Waals surface area contributed by atoms with Crippen molar-refractivity contribution >= 4 is 11.8 Å². The van der Waals surface area contributed by atoms with Gasteiger partial charge >= 0.3 is 0 Å². The molecule has 34 heavy (non-hydrogen) atoms. The Morgan fingerprint density at radius 2 is 1.68 bits per heavy atom. The number of ether oxygens (including phenoxy) is 1. The van der Waals surface area contributed by atoms with E-state index in [1.807, 2.05) is 72.5 Å². The van der Waals surface area contributed by atoms with Gasteiger partial charge in [-0.2, -0.15) is 0 Å². The van der Waals surface area contributed by atoms with Crippen molar-refractivity contribution in [2.75, 3.05) is 13.2 Å². The highest BCUT2D eigenvalue weighted by molar-refractivity contribution is 6.00. The number of piperazine rings is 1. The van der Waals surface area contributed by atoms with Crippen LogP contribution in [0.4, 0.5) is 0 Å². The van der Waals surface area contributed by atoms with Crippen LogP contribution in [0, 0.1) is 12.8 Å². The molecule has 172 valence electrons. The Morgan fingerprint density at radius 1 is 0.971 bits per heavy atom. The zero-order chi connectivity index (χ0) is 23.4. The molecule has 2 saturated heterocycles. The van der Waals surface area contributed by atoms with Gasteiger partial charge in [-0.3, -0.25) is 9.59 Å². The van der Waals surface area contributed by atoms with E-state index in [1.54, 1.807) is 4.90 Å². The first-order chi connectivity index (χ1) is 16.5. The number of fused-ring (bicyclic) bond motifs is 5. The summed E-state index contributed by atoms with van der Waals surface area (Å²) in [6.07, 6.45) is 0. The van der Waals surface area contributed by atoms with Crippen molar-refractivity contribution in [3.8, 4) is 5.75 Å². The number of hydrogen-bond acceptors (Lipinski definition) is 3. The molecule has 6 rings (SSSR count). The Morgan fingerprint density at radius 3 is 2.41 bits per heavy atom. The number of aryl methyl sites for hydroxylation is 1. The summed E-state index contributed by atoms with van der Waals surface area (Å²) in [5.74, 6) is 0.651. The fraction of sp³-hybridized carbons (Fsp3) is 0.310. The van der Waals surface area contributed by atoms with E-state index in [2.05, 4.69) is 25.1 Å². The highest BCUT2D eigenvalue weighted by atomic mass is 16.5. The molecule has 5 heteroatoms. The van der Waals surface area contributed by atoms with E-state index in [-0.39, 0.29) is 36.2 Å². The highest BCUT2D eigenvalue weighted by Crippen LogP contribution is 2.59. The molecule has 0 bridgehead atoms. The van der Waals surface area contributed by atoms with E-state index >= 15 is 0 Å². The maximum Gasteiger partial charge on any atom is 0.249 e. The van der Waals surface area contributed by atoms with Crippen molar-refractivity contribution in [3.05, 3.63) is 101 Å². The van der Waals surface area contributed by atoms with Crippen LogP contribution < -0.4 is 4.74 Å². The second-order valence-corrected chi connectivity index (χ2v) is 9.91. The van der Waals surface area contributed by atoms with Gasteiger partial charge in [-0.15, -0.1) is 0 Å². The van der Waals surface area contributed by atoms with Gasteiger partial charge in [0.15, 0.2) is 0 Å². The third kappa shape index (κ3) is 2.99. The van der Waals surface area contributed by atoms with Crippen LogP contribution in [0.15, 0.2) is 78.9 Å². The van der Waals surface area contributed by atoms with E-state index in [9.17, 15) is 9.59 Å². The molecule has 3 unspecified atom stereocenters. The lowest BCUT2D eigenvalue weighted by atomic mass is 9.73. The first kappa shape index (κ1) is 21.0. The van der Waals surface area contributed by atoms with Crippen LogP contribution in [-0.4, -0.2) is 40.3 Å². The van der Waals surface area contributed by atoms with Crippen molar-refractivity contribution in [1.82, 2.24) is 9.80 Å². The molecule has 0 spiro atoms. The van der Waals surface area contributed by atoms with E-state index < -0.39 is 5.54 Å². The smallest absolute Gasteiger partial charge is 0.249 e. The molecule has 0 aliphatic carbocycles. The van der Waals surface area contributed by atoms with E-state index in [0.717, 1.165) is 28.0 Å². The second-order valence-electron chi connectivity index (χ2n) is 9.91. The number of carbonyl (C=O) groups excluding carboxylic acids is 2. The van der Waals surface area contributed by atoms with Gasteiger partial charge in [-0.1, -0.05) is 78.4 Å². The predicted octanol–water partition coefficient (Wildman–Crippen LogP) is 4.47. The number of amides is 2. The average Bonchev–Trinajstić information content (AvgIpc) is 3.14. The Bertz CT molecular complexity index is 1260. The van der Waals surface area contributed by atoms with Gasteiger partial charge in [0, 0.05) is 23.9 Å². The number of rotatable bonds is 3. The zero-order valence-corrected chi connectivity index (χ0v) is 19.5. The molecule has 0 radical (unpaired) electrons. The van der Waals surface area contributed by atoms with Gasteiger partial charge in [-0.25, -0.2) is 0 Å². The molecule has 0 saturated carbocycles. The molecule has 3 aliphatic heterocycles. The molecule has 5 nitrogen and oxygen atoms in total. The third-order valence-electron chi connectivity index (χ3n) is 7.82. The number of hydrogen-bond donors (Lipinski definition) is 0. The summed E-state index contributed by atoms with van der Waals surface area (Å²) in [7, 11) is 0. The van der Waals surface area contributed by atoms with E-state index in [0.29, 0.717) is 13.2 Å². The topological polar surface area (TPSA) is 49.9 Å². The standard InChI is InChI=1S/C29H28N2O3/c1-19-13-14-24-22(15-19)27-23(18-34-24)26(21-11-7-4-8-12-21)29(2)28(33)30(17-25(32)31(27)29)16-20-9-5-3-6-10-20/h3-15,23,26-27H,16-18H2,1-2H3/t23?,26?,27?,29-/m1/s1. The van der Waals surface area contributed by atoms with Gasteiger partial charge in [0.05, 0.1) is 12.6 Å². The average molecular weight is 453 g/mol. The maximum absolute atomic E-state index is 14.3. The van der Waals surface area contributed by atoms with Crippen molar-refractivity contribution in [3.63, 3.8) is 0 Å². The monoisotopic (exact) mass is 452 g/mol. The summed E-state index contributed by atoms with van der Waals surface area (Å²) in [5.41, 5.74) is 3.24. The minimum atomic E-state index is -0.991. The van der Waals surface area contributed by atoms with Crippen molar-refractivity contribution in [1.29, 1.82) is 0 Å². The number of benzene rings is 3. The van der Waals surface area contributed by atoms with Crippen LogP contribution in [-0.2, 0) is 16.1 Å². The summed E-state index contributed by atoms with van der Waals surface area (Å²) in [6, 6.07) is 26.0. The minimum Gasteiger partial charge on any atom is -0.493 e. The molecule has 3 aromatic rings. The predicted molar refractivity (Wildman–Crippen MR) is 129 cm³/mol. The maximum atomic E-state index is 14.3.